The summed E-state index contributed by atoms with van der Waals surface area (Å²) < 4.78 is 13.8. The molecule has 1 unspecified atom stereocenters. The molecule has 2 aromatic rings. The van der Waals surface area contributed by atoms with E-state index < -0.39 is 0 Å². The van der Waals surface area contributed by atoms with E-state index in [0.717, 1.165) is 10.1 Å². The lowest BCUT2D eigenvalue weighted by molar-refractivity contribution is 0.552. The zero-order valence-corrected chi connectivity index (χ0v) is 10.5. The number of imidazole rings is 1. The zero-order chi connectivity index (χ0) is 12.3. The summed E-state index contributed by atoms with van der Waals surface area (Å²) in [6.45, 7) is 1.94. The summed E-state index contributed by atoms with van der Waals surface area (Å²) in [6, 6.07) is 5.06. The van der Waals surface area contributed by atoms with Crippen molar-refractivity contribution < 1.29 is 4.39 Å². The van der Waals surface area contributed by atoms with Crippen LogP contribution in [0.2, 0.25) is 0 Å². The van der Waals surface area contributed by atoms with Gasteiger partial charge in [-0.3, -0.25) is 0 Å². The summed E-state index contributed by atoms with van der Waals surface area (Å²) in [7, 11) is 1.82. The van der Waals surface area contributed by atoms with Crippen molar-refractivity contribution in [3.8, 4) is 0 Å². The van der Waals surface area contributed by atoms with Crippen molar-refractivity contribution in [2.45, 2.75) is 23.0 Å². The summed E-state index contributed by atoms with van der Waals surface area (Å²) in [5, 5.41) is 3.82. The molecule has 0 radical (unpaired) electrons. The Hall–Kier alpha value is -1.33. The molecule has 1 heterocycles. The van der Waals surface area contributed by atoms with Crippen LogP contribution in [-0.4, -0.2) is 17.0 Å². The number of hydrogen-bond donors (Lipinski definition) is 2. The van der Waals surface area contributed by atoms with Gasteiger partial charge < -0.3 is 10.3 Å². The lowest BCUT2D eigenvalue weighted by atomic mass is 10.1. The average molecular weight is 251 g/mol. The SMILES string of the molecule is CNC(C)c1c(F)cccc1Sc1ncc[nH]1. The molecule has 1 atom stereocenters. The van der Waals surface area contributed by atoms with Crippen molar-refractivity contribution in [3.05, 3.63) is 42.0 Å². The third-order valence-electron chi connectivity index (χ3n) is 2.56. The molecule has 0 saturated heterocycles. The second kappa shape index (κ2) is 5.33. The summed E-state index contributed by atoms with van der Waals surface area (Å²) in [5.41, 5.74) is 0.677. The van der Waals surface area contributed by atoms with Crippen LogP contribution >= 0.6 is 11.8 Å². The Morgan fingerprint density at radius 1 is 1.47 bits per heavy atom. The van der Waals surface area contributed by atoms with E-state index >= 15 is 0 Å². The maximum absolute atomic E-state index is 13.8. The second-order valence-corrected chi connectivity index (χ2v) is 4.69. The van der Waals surface area contributed by atoms with Gasteiger partial charge in [0.05, 0.1) is 0 Å². The quantitative estimate of drug-likeness (QED) is 0.877. The molecule has 0 aliphatic heterocycles. The van der Waals surface area contributed by atoms with Gasteiger partial charge in [-0.15, -0.1) is 0 Å². The summed E-state index contributed by atoms with van der Waals surface area (Å²) in [6.07, 6.45) is 3.44. The minimum absolute atomic E-state index is 0.0336. The molecule has 1 aromatic carbocycles. The number of H-pyrrole nitrogens is 1. The zero-order valence-electron chi connectivity index (χ0n) is 9.70. The standard InChI is InChI=1S/C12H14FN3S/c1-8(14-2)11-9(13)4-3-5-10(11)17-12-15-6-7-16-12/h3-8,14H,1-2H3,(H,15,16). The van der Waals surface area contributed by atoms with Crippen LogP contribution in [0.3, 0.4) is 0 Å². The van der Waals surface area contributed by atoms with Gasteiger partial charge in [-0.2, -0.15) is 0 Å². The highest BCUT2D eigenvalue weighted by Crippen LogP contribution is 2.32. The molecular formula is C12H14FN3S. The number of aromatic nitrogens is 2. The van der Waals surface area contributed by atoms with E-state index in [1.807, 2.05) is 20.0 Å². The topological polar surface area (TPSA) is 40.7 Å². The fourth-order valence-electron chi connectivity index (χ4n) is 1.58. The highest BCUT2D eigenvalue weighted by molar-refractivity contribution is 7.99. The van der Waals surface area contributed by atoms with Crippen LogP contribution in [0.15, 0.2) is 40.6 Å². The Morgan fingerprint density at radius 2 is 2.29 bits per heavy atom. The van der Waals surface area contributed by atoms with E-state index in [4.69, 9.17) is 0 Å². The fourth-order valence-corrected chi connectivity index (χ4v) is 2.56. The van der Waals surface area contributed by atoms with E-state index in [0.29, 0.717) is 5.56 Å². The largest absolute Gasteiger partial charge is 0.339 e. The molecule has 2 N–H and O–H groups in total. The van der Waals surface area contributed by atoms with Crippen molar-refractivity contribution in [2.24, 2.45) is 0 Å². The normalized spacial score (nSPS) is 12.6. The first-order valence-corrected chi connectivity index (χ1v) is 6.17. The average Bonchev–Trinajstić information content (AvgIpc) is 2.81. The van der Waals surface area contributed by atoms with Gasteiger partial charge >= 0.3 is 0 Å². The maximum Gasteiger partial charge on any atom is 0.170 e. The smallest absolute Gasteiger partial charge is 0.170 e. The third kappa shape index (κ3) is 2.68. The molecule has 2 rings (SSSR count). The Kier molecular flexibility index (Phi) is 3.81. The van der Waals surface area contributed by atoms with Crippen LogP contribution in [0.1, 0.15) is 18.5 Å². The van der Waals surface area contributed by atoms with E-state index in [1.165, 1.54) is 17.8 Å². The first kappa shape index (κ1) is 12.1. The highest BCUT2D eigenvalue weighted by Gasteiger charge is 2.15. The van der Waals surface area contributed by atoms with Crippen molar-refractivity contribution in [1.82, 2.24) is 15.3 Å². The third-order valence-corrected chi connectivity index (χ3v) is 3.55. The van der Waals surface area contributed by atoms with Gasteiger partial charge in [0.2, 0.25) is 0 Å². The van der Waals surface area contributed by atoms with E-state index in [-0.39, 0.29) is 11.9 Å². The number of nitrogens with zero attached hydrogens (tertiary/aromatic N) is 1. The van der Waals surface area contributed by atoms with Crippen molar-refractivity contribution in [1.29, 1.82) is 0 Å². The molecule has 90 valence electrons. The maximum atomic E-state index is 13.8. The Labute approximate surface area is 104 Å². The van der Waals surface area contributed by atoms with Gasteiger partial charge in [-0.25, -0.2) is 9.37 Å². The number of rotatable bonds is 4. The lowest BCUT2D eigenvalue weighted by Gasteiger charge is -2.15. The van der Waals surface area contributed by atoms with Gasteiger partial charge in [0.15, 0.2) is 5.16 Å². The van der Waals surface area contributed by atoms with E-state index in [1.54, 1.807) is 18.5 Å². The molecule has 0 aliphatic rings. The minimum Gasteiger partial charge on any atom is -0.339 e. The molecule has 17 heavy (non-hydrogen) atoms. The van der Waals surface area contributed by atoms with Crippen LogP contribution in [0.25, 0.3) is 0 Å². The van der Waals surface area contributed by atoms with Gasteiger partial charge in [-0.05, 0) is 26.1 Å². The van der Waals surface area contributed by atoms with Crippen LogP contribution in [0.4, 0.5) is 4.39 Å². The molecule has 0 bridgehead atoms. The van der Waals surface area contributed by atoms with E-state index in [2.05, 4.69) is 15.3 Å². The first-order chi connectivity index (χ1) is 8.22. The Morgan fingerprint density at radius 3 is 2.94 bits per heavy atom. The summed E-state index contributed by atoms with van der Waals surface area (Å²) >= 11 is 1.43. The number of halogens is 1. The summed E-state index contributed by atoms with van der Waals surface area (Å²) in [4.78, 5) is 8.01. The number of benzene rings is 1. The van der Waals surface area contributed by atoms with Gasteiger partial charge in [0.25, 0.3) is 0 Å². The number of nitrogens with one attached hydrogen (secondary N) is 2. The molecular weight excluding hydrogens is 237 g/mol. The highest BCUT2D eigenvalue weighted by atomic mass is 32.2. The molecule has 0 aliphatic carbocycles. The molecule has 0 amide bonds. The van der Waals surface area contributed by atoms with Crippen LogP contribution in [0, 0.1) is 5.82 Å². The van der Waals surface area contributed by atoms with Crippen LogP contribution in [-0.2, 0) is 0 Å². The molecule has 3 nitrogen and oxygen atoms in total. The van der Waals surface area contributed by atoms with Crippen molar-refractivity contribution >= 4 is 11.8 Å². The molecule has 0 spiro atoms. The Balaban J connectivity index is 2.36. The minimum atomic E-state index is -0.191. The Bertz CT molecular complexity index is 485. The second-order valence-electron chi connectivity index (χ2n) is 3.66. The predicted molar refractivity (Wildman–Crippen MR) is 66.6 cm³/mol. The molecule has 0 saturated carbocycles. The van der Waals surface area contributed by atoms with E-state index in [9.17, 15) is 4.39 Å². The van der Waals surface area contributed by atoms with Crippen LogP contribution < -0.4 is 5.32 Å². The predicted octanol–water partition coefficient (Wildman–Crippen LogP) is 2.98. The van der Waals surface area contributed by atoms with Gasteiger partial charge in [-0.1, -0.05) is 17.8 Å². The molecule has 1 aromatic heterocycles. The van der Waals surface area contributed by atoms with Gasteiger partial charge in [0.1, 0.15) is 5.82 Å². The first-order valence-electron chi connectivity index (χ1n) is 5.35. The van der Waals surface area contributed by atoms with Crippen LogP contribution in [0.5, 0.6) is 0 Å². The number of hydrogen-bond acceptors (Lipinski definition) is 3. The van der Waals surface area contributed by atoms with Crippen molar-refractivity contribution in [3.63, 3.8) is 0 Å². The van der Waals surface area contributed by atoms with Gasteiger partial charge in [0, 0.05) is 28.9 Å². The molecule has 0 fully saturated rings. The lowest BCUT2D eigenvalue weighted by Crippen LogP contribution is -2.14. The van der Waals surface area contributed by atoms with Crippen molar-refractivity contribution in [2.75, 3.05) is 7.05 Å². The number of aromatic amines is 1. The fraction of sp³-hybridized carbons (Fsp3) is 0.250. The monoisotopic (exact) mass is 251 g/mol. The summed E-state index contributed by atoms with van der Waals surface area (Å²) in [5.74, 6) is -0.191. The molecule has 5 heteroatoms.